The van der Waals surface area contributed by atoms with Gasteiger partial charge in [-0.15, -0.1) is 0 Å². The van der Waals surface area contributed by atoms with Gasteiger partial charge in [0.25, 0.3) is 0 Å². The van der Waals surface area contributed by atoms with E-state index >= 15 is 0 Å². The van der Waals surface area contributed by atoms with Crippen molar-refractivity contribution in [1.29, 1.82) is 0 Å². The molecule has 1 unspecified atom stereocenters. The van der Waals surface area contributed by atoms with Gasteiger partial charge in [-0.2, -0.15) is 0 Å². The molecular weight excluding hydrogens is 274 g/mol. The van der Waals surface area contributed by atoms with Gasteiger partial charge in [-0.1, -0.05) is 0 Å². The Balaban J connectivity index is 1.92. The second-order valence-corrected chi connectivity index (χ2v) is 5.93. The predicted molar refractivity (Wildman–Crippen MR) is 77.2 cm³/mol. The highest BCUT2D eigenvalue weighted by molar-refractivity contribution is 5.80. The van der Waals surface area contributed by atoms with Crippen LogP contribution in [0.25, 0.3) is 0 Å². The molecule has 2 aliphatic rings. The number of hydrogen-bond donors (Lipinski definition) is 1. The lowest BCUT2D eigenvalue weighted by molar-refractivity contribution is -0.138. The molecule has 120 valence electrons. The molecule has 21 heavy (non-hydrogen) atoms. The average Bonchev–Trinajstić information content (AvgIpc) is 2.94. The smallest absolute Gasteiger partial charge is 0.323 e. The summed E-state index contributed by atoms with van der Waals surface area (Å²) >= 11 is 0. The Labute approximate surface area is 125 Å². The summed E-state index contributed by atoms with van der Waals surface area (Å²) in [6.07, 6.45) is 0.949. The first-order valence-corrected chi connectivity index (χ1v) is 7.58. The lowest BCUT2D eigenvalue weighted by Crippen LogP contribution is -2.49. The first-order chi connectivity index (χ1) is 9.99. The normalized spacial score (nSPS) is 23.6. The lowest BCUT2D eigenvalue weighted by atomic mass is 10.2. The topological polar surface area (TPSA) is 73.3 Å². The Morgan fingerprint density at radius 2 is 1.95 bits per heavy atom. The number of nitrogens with zero attached hydrogens (tertiary/aromatic N) is 3. The molecule has 1 N–H and O–H groups in total. The van der Waals surface area contributed by atoms with E-state index in [1.807, 2.05) is 13.8 Å². The molecule has 0 saturated carbocycles. The molecule has 0 aromatic carbocycles. The summed E-state index contributed by atoms with van der Waals surface area (Å²) in [5.74, 6) is -0.971. The minimum Gasteiger partial charge on any atom is -0.480 e. The zero-order chi connectivity index (χ0) is 15.4. The van der Waals surface area contributed by atoms with Crippen LogP contribution in [0.2, 0.25) is 0 Å². The van der Waals surface area contributed by atoms with E-state index in [1.54, 1.807) is 4.90 Å². The van der Waals surface area contributed by atoms with Crippen molar-refractivity contribution < 1.29 is 19.4 Å². The zero-order valence-corrected chi connectivity index (χ0v) is 12.8. The van der Waals surface area contributed by atoms with Gasteiger partial charge in [0.15, 0.2) is 0 Å². The summed E-state index contributed by atoms with van der Waals surface area (Å²) in [6.45, 7) is 8.15. The first-order valence-electron chi connectivity index (χ1n) is 7.58. The number of amides is 2. The van der Waals surface area contributed by atoms with Crippen molar-refractivity contribution >= 4 is 12.0 Å². The molecule has 2 saturated heterocycles. The first kappa shape index (κ1) is 16.0. The average molecular weight is 299 g/mol. The summed E-state index contributed by atoms with van der Waals surface area (Å²) < 4.78 is 5.35. The van der Waals surface area contributed by atoms with Crippen LogP contribution in [0.15, 0.2) is 0 Å². The number of hydrogen-bond acceptors (Lipinski definition) is 4. The van der Waals surface area contributed by atoms with E-state index in [0.29, 0.717) is 19.1 Å². The largest absolute Gasteiger partial charge is 0.480 e. The van der Waals surface area contributed by atoms with Gasteiger partial charge in [0, 0.05) is 38.3 Å². The van der Waals surface area contributed by atoms with Crippen LogP contribution in [0, 0.1) is 0 Å². The maximum absolute atomic E-state index is 12.5. The summed E-state index contributed by atoms with van der Waals surface area (Å²) in [5.41, 5.74) is 0. The molecule has 7 heteroatoms. The standard InChI is InChI=1S/C14H25N3O4/c1-11(2)17(10-13(18)19)14(20)16-4-3-12(9-16)15-5-7-21-8-6-15/h11-12H,3-10H2,1-2H3,(H,18,19). The Kier molecular flexibility index (Phi) is 5.41. The minimum absolute atomic E-state index is 0.115. The summed E-state index contributed by atoms with van der Waals surface area (Å²) in [4.78, 5) is 29.0. The third-order valence-corrected chi connectivity index (χ3v) is 4.17. The predicted octanol–water partition coefficient (Wildman–Crippen LogP) is 0.308. The highest BCUT2D eigenvalue weighted by atomic mass is 16.5. The number of likely N-dealkylation sites (tertiary alicyclic amines) is 1. The van der Waals surface area contributed by atoms with Gasteiger partial charge in [-0.25, -0.2) is 4.79 Å². The fraction of sp³-hybridized carbons (Fsp3) is 0.857. The molecule has 2 rings (SSSR count). The highest BCUT2D eigenvalue weighted by Crippen LogP contribution is 2.19. The maximum atomic E-state index is 12.5. The molecule has 1 atom stereocenters. The highest BCUT2D eigenvalue weighted by Gasteiger charge is 2.34. The molecule has 0 aliphatic carbocycles. The Morgan fingerprint density at radius 1 is 1.29 bits per heavy atom. The fourth-order valence-corrected chi connectivity index (χ4v) is 2.95. The van der Waals surface area contributed by atoms with Crippen molar-refractivity contribution in [3.8, 4) is 0 Å². The number of carboxylic acids is 1. The van der Waals surface area contributed by atoms with Gasteiger partial charge in [0.2, 0.25) is 0 Å². The van der Waals surface area contributed by atoms with E-state index < -0.39 is 5.97 Å². The third kappa shape index (κ3) is 4.07. The molecule has 0 aromatic heterocycles. The van der Waals surface area contributed by atoms with Crippen LogP contribution in [-0.2, 0) is 9.53 Å². The molecule has 2 fully saturated rings. The number of morpholine rings is 1. The van der Waals surface area contributed by atoms with Crippen LogP contribution < -0.4 is 0 Å². The summed E-state index contributed by atoms with van der Waals surface area (Å²) in [6, 6.07) is 0.0934. The van der Waals surface area contributed by atoms with Gasteiger partial charge in [-0.05, 0) is 20.3 Å². The van der Waals surface area contributed by atoms with Crippen molar-refractivity contribution in [2.45, 2.75) is 32.4 Å². The Morgan fingerprint density at radius 3 is 2.52 bits per heavy atom. The summed E-state index contributed by atoms with van der Waals surface area (Å²) in [7, 11) is 0. The van der Waals surface area contributed by atoms with E-state index in [1.165, 1.54) is 4.90 Å². The quantitative estimate of drug-likeness (QED) is 0.808. The van der Waals surface area contributed by atoms with Crippen molar-refractivity contribution in [3.05, 3.63) is 0 Å². The van der Waals surface area contributed by atoms with Crippen LogP contribution in [0.3, 0.4) is 0 Å². The number of rotatable bonds is 4. The van der Waals surface area contributed by atoms with Crippen molar-refractivity contribution in [3.63, 3.8) is 0 Å². The third-order valence-electron chi connectivity index (χ3n) is 4.17. The van der Waals surface area contributed by atoms with E-state index in [2.05, 4.69) is 4.90 Å². The molecule has 2 aliphatic heterocycles. The lowest BCUT2D eigenvalue weighted by Gasteiger charge is -2.33. The Bertz CT molecular complexity index is 382. The van der Waals surface area contributed by atoms with Crippen LogP contribution in [0.4, 0.5) is 4.79 Å². The number of ether oxygens (including phenoxy) is 1. The SMILES string of the molecule is CC(C)N(CC(=O)O)C(=O)N1CCC(N2CCOCC2)C1. The van der Waals surface area contributed by atoms with Gasteiger partial charge >= 0.3 is 12.0 Å². The second-order valence-electron chi connectivity index (χ2n) is 5.93. The van der Waals surface area contributed by atoms with Gasteiger partial charge in [0.05, 0.1) is 13.2 Å². The minimum atomic E-state index is -0.971. The molecule has 2 heterocycles. The molecule has 7 nitrogen and oxygen atoms in total. The Hall–Kier alpha value is -1.34. The van der Waals surface area contributed by atoms with E-state index in [4.69, 9.17) is 9.84 Å². The van der Waals surface area contributed by atoms with Crippen LogP contribution in [-0.4, -0.2) is 89.8 Å². The molecule has 0 radical (unpaired) electrons. The van der Waals surface area contributed by atoms with Crippen LogP contribution >= 0.6 is 0 Å². The molecule has 0 bridgehead atoms. The van der Waals surface area contributed by atoms with Crippen LogP contribution in [0.5, 0.6) is 0 Å². The fourth-order valence-electron chi connectivity index (χ4n) is 2.95. The van der Waals surface area contributed by atoms with E-state index in [-0.39, 0.29) is 18.6 Å². The van der Waals surface area contributed by atoms with Gasteiger partial charge in [-0.3, -0.25) is 9.69 Å². The number of carbonyl (C=O) groups is 2. The van der Waals surface area contributed by atoms with Crippen molar-refractivity contribution in [2.24, 2.45) is 0 Å². The van der Waals surface area contributed by atoms with E-state index in [0.717, 1.165) is 32.7 Å². The van der Waals surface area contributed by atoms with Crippen molar-refractivity contribution in [1.82, 2.24) is 14.7 Å². The van der Waals surface area contributed by atoms with Gasteiger partial charge < -0.3 is 19.6 Å². The summed E-state index contributed by atoms with van der Waals surface area (Å²) in [5, 5.41) is 8.95. The van der Waals surface area contributed by atoms with Crippen molar-refractivity contribution in [2.75, 3.05) is 45.9 Å². The monoisotopic (exact) mass is 299 g/mol. The van der Waals surface area contributed by atoms with E-state index in [9.17, 15) is 9.59 Å². The number of aliphatic carboxylic acids is 1. The number of carboxylic acid groups (broad SMARTS) is 1. The second kappa shape index (κ2) is 7.09. The van der Waals surface area contributed by atoms with Crippen LogP contribution in [0.1, 0.15) is 20.3 Å². The zero-order valence-electron chi connectivity index (χ0n) is 12.8. The molecule has 0 aromatic rings. The molecule has 0 spiro atoms. The molecule has 2 amide bonds. The number of urea groups is 1. The maximum Gasteiger partial charge on any atom is 0.323 e. The van der Waals surface area contributed by atoms with Gasteiger partial charge in [0.1, 0.15) is 6.54 Å². The number of carbonyl (C=O) groups excluding carboxylic acids is 1. The molecular formula is C14H25N3O4.